The summed E-state index contributed by atoms with van der Waals surface area (Å²) in [5.41, 5.74) is 3.77. The van der Waals surface area contributed by atoms with Crippen molar-refractivity contribution in [3.05, 3.63) is 63.6 Å². The lowest BCUT2D eigenvalue weighted by molar-refractivity contribution is -0.116. The SMILES string of the molecule is Cc1ccn(CC(=O)Nc2ccc(C)c(C)c2)c(=O)c1. The Kier molecular flexibility index (Phi) is 4.03. The van der Waals surface area contributed by atoms with Crippen molar-refractivity contribution in [2.24, 2.45) is 0 Å². The van der Waals surface area contributed by atoms with E-state index >= 15 is 0 Å². The van der Waals surface area contributed by atoms with Gasteiger partial charge in [-0.25, -0.2) is 0 Å². The van der Waals surface area contributed by atoms with Crippen LogP contribution in [0.25, 0.3) is 0 Å². The summed E-state index contributed by atoms with van der Waals surface area (Å²) >= 11 is 0. The Balaban J connectivity index is 2.09. The molecule has 1 aromatic carbocycles. The topological polar surface area (TPSA) is 51.1 Å². The molecule has 0 aliphatic heterocycles. The average Bonchev–Trinajstić information content (AvgIpc) is 2.37. The third-order valence-electron chi connectivity index (χ3n) is 3.26. The quantitative estimate of drug-likeness (QED) is 0.931. The fourth-order valence-corrected chi connectivity index (χ4v) is 1.91. The molecule has 0 aliphatic carbocycles. The van der Waals surface area contributed by atoms with Crippen LogP contribution in [-0.2, 0) is 11.3 Å². The van der Waals surface area contributed by atoms with E-state index < -0.39 is 0 Å². The normalized spacial score (nSPS) is 10.3. The Bertz CT molecular complexity index is 702. The molecule has 20 heavy (non-hydrogen) atoms. The van der Waals surface area contributed by atoms with E-state index in [4.69, 9.17) is 0 Å². The molecule has 104 valence electrons. The first-order chi connectivity index (χ1) is 9.45. The van der Waals surface area contributed by atoms with Crippen molar-refractivity contribution in [1.29, 1.82) is 0 Å². The molecule has 0 aliphatic rings. The van der Waals surface area contributed by atoms with Gasteiger partial charge in [0, 0.05) is 18.0 Å². The summed E-state index contributed by atoms with van der Waals surface area (Å²) in [6, 6.07) is 9.07. The van der Waals surface area contributed by atoms with Gasteiger partial charge in [-0.1, -0.05) is 6.07 Å². The molecule has 0 spiro atoms. The summed E-state index contributed by atoms with van der Waals surface area (Å²) in [6.07, 6.45) is 1.64. The second kappa shape index (κ2) is 5.74. The molecular formula is C16H18N2O2. The average molecular weight is 270 g/mol. The van der Waals surface area contributed by atoms with E-state index in [2.05, 4.69) is 5.32 Å². The van der Waals surface area contributed by atoms with Crippen LogP contribution in [0.3, 0.4) is 0 Å². The first-order valence-electron chi connectivity index (χ1n) is 6.50. The predicted molar refractivity (Wildman–Crippen MR) is 80.0 cm³/mol. The summed E-state index contributed by atoms with van der Waals surface area (Å²) in [5.74, 6) is -0.209. The molecule has 1 N–H and O–H groups in total. The van der Waals surface area contributed by atoms with Gasteiger partial charge in [0.1, 0.15) is 6.54 Å². The van der Waals surface area contributed by atoms with Crippen LogP contribution in [-0.4, -0.2) is 10.5 Å². The molecule has 0 saturated carbocycles. The molecule has 1 aromatic heterocycles. The number of carbonyl (C=O) groups is 1. The maximum atomic E-state index is 11.9. The van der Waals surface area contributed by atoms with Crippen LogP contribution in [0.4, 0.5) is 5.69 Å². The van der Waals surface area contributed by atoms with Crippen molar-refractivity contribution in [3.63, 3.8) is 0 Å². The summed E-state index contributed by atoms with van der Waals surface area (Å²) in [4.78, 5) is 23.7. The first-order valence-corrected chi connectivity index (χ1v) is 6.50. The maximum absolute atomic E-state index is 11.9. The largest absolute Gasteiger partial charge is 0.325 e. The molecule has 2 aromatic rings. The monoisotopic (exact) mass is 270 g/mol. The molecule has 4 heteroatoms. The van der Waals surface area contributed by atoms with Crippen LogP contribution in [0.5, 0.6) is 0 Å². The Morgan fingerprint density at radius 1 is 1.10 bits per heavy atom. The number of anilines is 1. The summed E-state index contributed by atoms with van der Waals surface area (Å²) < 4.78 is 1.39. The predicted octanol–water partition coefficient (Wildman–Crippen LogP) is 2.41. The highest BCUT2D eigenvalue weighted by Crippen LogP contribution is 2.14. The van der Waals surface area contributed by atoms with E-state index in [-0.39, 0.29) is 18.0 Å². The minimum Gasteiger partial charge on any atom is -0.325 e. The smallest absolute Gasteiger partial charge is 0.251 e. The zero-order valence-electron chi connectivity index (χ0n) is 11.9. The minimum absolute atomic E-state index is 0.0199. The van der Waals surface area contributed by atoms with Crippen LogP contribution in [0.2, 0.25) is 0 Å². The number of nitrogens with one attached hydrogen (secondary N) is 1. The summed E-state index contributed by atoms with van der Waals surface area (Å²) in [7, 11) is 0. The Morgan fingerprint density at radius 2 is 1.85 bits per heavy atom. The molecule has 0 radical (unpaired) electrons. The molecule has 0 atom stereocenters. The van der Waals surface area contributed by atoms with Gasteiger partial charge in [0.05, 0.1) is 0 Å². The lowest BCUT2D eigenvalue weighted by Gasteiger charge is -2.09. The molecule has 0 bridgehead atoms. The molecule has 0 saturated heterocycles. The van der Waals surface area contributed by atoms with Crippen molar-refractivity contribution in [1.82, 2.24) is 4.57 Å². The fraction of sp³-hybridized carbons (Fsp3) is 0.250. The highest BCUT2D eigenvalue weighted by Gasteiger charge is 2.05. The molecule has 1 amide bonds. The van der Waals surface area contributed by atoms with Crippen molar-refractivity contribution >= 4 is 11.6 Å². The minimum atomic E-state index is -0.209. The van der Waals surface area contributed by atoms with E-state index in [9.17, 15) is 9.59 Å². The maximum Gasteiger partial charge on any atom is 0.251 e. The van der Waals surface area contributed by atoms with Crippen LogP contribution in [0, 0.1) is 20.8 Å². The van der Waals surface area contributed by atoms with Gasteiger partial charge in [-0.15, -0.1) is 0 Å². The fourth-order valence-electron chi connectivity index (χ4n) is 1.91. The van der Waals surface area contributed by atoms with E-state index in [1.54, 1.807) is 6.20 Å². The van der Waals surface area contributed by atoms with Crippen molar-refractivity contribution in [2.75, 3.05) is 5.32 Å². The first kappa shape index (κ1) is 14.1. The van der Waals surface area contributed by atoms with Gasteiger partial charge in [0.25, 0.3) is 5.56 Å². The third kappa shape index (κ3) is 3.35. The van der Waals surface area contributed by atoms with Gasteiger partial charge in [-0.3, -0.25) is 9.59 Å². The Morgan fingerprint density at radius 3 is 2.50 bits per heavy atom. The number of aromatic nitrogens is 1. The standard InChI is InChI=1S/C16H18N2O2/c1-11-6-7-18(16(20)8-11)10-15(19)17-14-5-4-12(2)13(3)9-14/h4-9H,10H2,1-3H3,(H,17,19). The van der Waals surface area contributed by atoms with Crippen molar-refractivity contribution < 1.29 is 4.79 Å². The van der Waals surface area contributed by atoms with Gasteiger partial charge < -0.3 is 9.88 Å². The number of nitrogens with zero attached hydrogens (tertiary/aromatic N) is 1. The van der Waals surface area contributed by atoms with E-state index in [0.717, 1.165) is 16.8 Å². The van der Waals surface area contributed by atoms with E-state index in [1.807, 2.05) is 45.0 Å². The lowest BCUT2D eigenvalue weighted by Crippen LogP contribution is -2.26. The molecular weight excluding hydrogens is 252 g/mol. The van der Waals surface area contributed by atoms with Crippen molar-refractivity contribution in [3.8, 4) is 0 Å². The highest BCUT2D eigenvalue weighted by molar-refractivity contribution is 5.90. The van der Waals surface area contributed by atoms with Crippen molar-refractivity contribution in [2.45, 2.75) is 27.3 Å². The number of rotatable bonds is 3. The molecule has 0 unspecified atom stereocenters. The number of amides is 1. The number of carbonyl (C=O) groups excluding carboxylic acids is 1. The second-order valence-electron chi connectivity index (χ2n) is 5.02. The number of benzene rings is 1. The summed E-state index contributed by atoms with van der Waals surface area (Å²) in [6.45, 7) is 5.88. The molecule has 0 fully saturated rings. The number of hydrogen-bond acceptors (Lipinski definition) is 2. The van der Waals surface area contributed by atoms with Crippen LogP contribution >= 0.6 is 0 Å². The Labute approximate surface area is 118 Å². The van der Waals surface area contributed by atoms with E-state index in [0.29, 0.717) is 0 Å². The van der Waals surface area contributed by atoms with E-state index in [1.165, 1.54) is 16.2 Å². The number of aryl methyl sites for hydroxylation is 3. The van der Waals surface area contributed by atoms with Gasteiger partial charge in [0.2, 0.25) is 5.91 Å². The van der Waals surface area contributed by atoms with Crippen LogP contribution in [0.1, 0.15) is 16.7 Å². The highest BCUT2D eigenvalue weighted by atomic mass is 16.2. The third-order valence-corrected chi connectivity index (χ3v) is 3.26. The Hall–Kier alpha value is -2.36. The molecule has 2 rings (SSSR count). The van der Waals surface area contributed by atoms with Gasteiger partial charge in [-0.2, -0.15) is 0 Å². The second-order valence-corrected chi connectivity index (χ2v) is 5.02. The lowest BCUT2D eigenvalue weighted by atomic mass is 10.1. The van der Waals surface area contributed by atoms with Gasteiger partial charge in [-0.05, 0) is 55.7 Å². The number of hydrogen-bond donors (Lipinski definition) is 1. The molecule has 1 heterocycles. The van der Waals surface area contributed by atoms with Gasteiger partial charge in [0.15, 0.2) is 0 Å². The van der Waals surface area contributed by atoms with Gasteiger partial charge >= 0.3 is 0 Å². The molecule has 4 nitrogen and oxygen atoms in total. The zero-order valence-corrected chi connectivity index (χ0v) is 11.9. The van der Waals surface area contributed by atoms with Crippen LogP contribution < -0.4 is 10.9 Å². The zero-order chi connectivity index (χ0) is 14.7. The number of pyridine rings is 1. The van der Waals surface area contributed by atoms with Crippen LogP contribution in [0.15, 0.2) is 41.3 Å². The summed E-state index contributed by atoms with van der Waals surface area (Å²) in [5, 5.41) is 2.80.